The van der Waals surface area contributed by atoms with Gasteiger partial charge in [-0.15, -0.1) is 0 Å². The first-order valence-corrected chi connectivity index (χ1v) is 4.84. The van der Waals surface area contributed by atoms with E-state index < -0.39 is 57.9 Å². The van der Waals surface area contributed by atoms with Crippen molar-refractivity contribution >= 4 is 5.78 Å². The predicted octanol–water partition coefficient (Wildman–Crippen LogP) is 3.80. The van der Waals surface area contributed by atoms with Crippen molar-refractivity contribution in [2.75, 3.05) is 0 Å². The van der Waals surface area contributed by atoms with Gasteiger partial charge in [0.15, 0.2) is 23.3 Å². The molecule has 1 aromatic rings. The monoisotopic (exact) mass is 326 g/mol. The molecule has 1 aliphatic rings. The van der Waals surface area contributed by atoms with Gasteiger partial charge >= 0.3 is 17.8 Å². The number of hydrogen-bond donors (Lipinski definition) is 0. The zero-order chi connectivity index (χ0) is 16.5. The Labute approximate surface area is 108 Å². The van der Waals surface area contributed by atoms with Crippen LogP contribution in [-0.2, 0) is 5.92 Å². The number of hydrogen-bond acceptors (Lipinski definition) is 1. The van der Waals surface area contributed by atoms with Gasteiger partial charge in [0.2, 0.25) is 5.78 Å². The van der Waals surface area contributed by atoms with Crippen molar-refractivity contribution in [3.8, 4) is 0 Å². The van der Waals surface area contributed by atoms with Crippen molar-refractivity contribution in [2.45, 2.75) is 17.8 Å². The summed E-state index contributed by atoms with van der Waals surface area (Å²) in [5.41, 5.74) is -5.59. The maximum atomic E-state index is 13.3. The van der Waals surface area contributed by atoms with Gasteiger partial charge in [-0.3, -0.25) is 4.79 Å². The van der Waals surface area contributed by atoms with Crippen LogP contribution in [0.3, 0.4) is 0 Å². The standard InChI is InChI=1S/C10F10O/c11-3-1-2(4(12)6(14)5(3)13)8(15,16)10(19,20)9(17,18)7(1)21. The lowest BCUT2D eigenvalue weighted by Gasteiger charge is -2.37. The van der Waals surface area contributed by atoms with Gasteiger partial charge in [-0.25, -0.2) is 17.6 Å². The highest BCUT2D eigenvalue weighted by Crippen LogP contribution is 2.57. The minimum absolute atomic E-state index is 2.65. The lowest BCUT2D eigenvalue weighted by molar-refractivity contribution is -0.301. The first kappa shape index (κ1) is 15.6. The molecule has 0 bridgehead atoms. The van der Waals surface area contributed by atoms with Gasteiger partial charge in [0.25, 0.3) is 0 Å². The highest BCUT2D eigenvalue weighted by molar-refractivity contribution is 6.05. The molecular formula is C10F10O. The second-order valence-corrected chi connectivity index (χ2v) is 4.06. The SMILES string of the molecule is O=C1c2c(F)c(F)c(F)c(F)c2C(F)(F)C(F)(F)C1(F)F. The Morgan fingerprint density at radius 3 is 1.52 bits per heavy atom. The van der Waals surface area contributed by atoms with Gasteiger partial charge in [-0.05, 0) is 0 Å². The van der Waals surface area contributed by atoms with Crippen molar-refractivity contribution in [3.63, 3.8) is 0 Å². The third kappa shape index (κ3) is 1.51. The van der Waals surface area contributed by atoms with Gasteiger partial charge in [-0.1, -0.05) is 0 Å². The van der Waals surface area contributed by atoms with Gasteiger partial charge in [0.1, 0.15) is 0 Å². The molecule has 1 aliphatic carbocycles. The molecule has 0 unspecified atom stereocenters. The Bertz CT molecular complexity index is 663. The fourth-order valence-corrected chi connectivity index (χ4v) is 1.79. The molecule has 0 atom stereocenters. The molecule has 0 amide bonds. The van der Waals surface area contributed by atoms with Crippen LogP contribution in [0.1, 0.15) is 15.9 Å². The van der Waals surface area contributed by atoms with E-state index in [9.17, 15) is 48.7 Å². The van der Waals surface area contributed by atoms with Crippen molar-refractivity contribution < 1.29 is 48.7 Å². The summed E-state index contributed by atoms with van der Waals surface area (Å²) in [6.07, 6.45) is 0. The quantitative estimate of drug-likeness (QED) is 0.403. The van der Waals surface area contributed by atoms with Gasteiger partial charge in [-0.2, -0.15) is 26.3 Å². The summed E-state index contributed by atoms with van der Waals surface area (Å²) >= 11 is 0. The van der Waals surface area contributed by atoms with Crippen LogP contribution in [0.4, 0.5) is 43.9 Å². The van der Waals surface area contributed by atoms with Crippen LogP contribution in [0.5, 0.6) is 0 Å². The minimum Gasteiger partial charge on any atom is -0.287 e. The van der Waals surface area contributed by atoms with Gasteiger partial charge in [0, 0.05) is 0 Å². The van der Waals surface area contributed by atoms with Crippen molar-refractivity contribution in [1.29, 1.82) is 0 Å². The average molecular weight is 326 g/mol. The highest BCUT2D eigenvalue weighted by atomic mass is 19.3. The number of Topliss-reactive ketones (excluding diaryl/α,β-unsaturated/α-hetero) is 1. The van der Waals surface area contributed by atoms with Crippen molar-refractivity contribution in [3.05, 3.63) is 34.4 Å². The molecule has 0 aromatic heterocycles. The van der Waals surface area contributed by atoms with Crippen LogP contribution < -0.4 is 0 Å². The number of ketones is 1. The summed E-state index contributed by atoms with van der Waals surface area (Å²) in [7, 11) is 0. The fourth-order valence-electron chi connectivity index (χ4n) is 1.79. The topological polar surface area (TPSA) is 17.1 Å². The Hall–Kier alpha value is -1.81. The number of halogens is 10. The van der Waals surface area contributed by atoms with E-state index in [2.05, 4.69) is 0 Å². The number of fused-ring (bicyclic) bond motifs is 1. The molecule has 0 saturated carbocycles. The number of carbonyl (C=O) groups is 1. The van der Waals surface area contributed by atoms with Crippen molar-refractivity contribution in [2.24, 2.45) is 0 Å². The molecule has 0 radical (unpaired) electrons. The van der Waals surface area contributed by atoms with Crippen LogP contribution in [0, 0.1) is 23.3 Å². The molecule has 11 heteroatoms. The molecule has 1 nitrogen and oxygen atoms in total. The average Bonchev–Trinajstić information content (AvgIpc) is 2.37. The van der Waals surface area contributed by atoms with Gasteiger partial charge in [0.05, 0.1) is 11.1 Å². The number of rotatable bonds is 0. The Balaban J connectivity index is 3.05. The first-order chi connectivity index (χ1) is 9.30. The Kier molecular flexibility index (Phi) is 2.88. The lowest BCUT2D eigenvalue weighted by Crippen LogP contribution is -2.61. The maximum Gasteiger partial charge on any atom is 0.384 e. The summed E-state index contributed by atoms with van der Waals surface area (Å²) in [5, 5.41) is 0. The predicted molar refractivity (Wildman–Crippen MR) is 44.4 cm³/mol. The van der Waals surface area contributed by atoms with Crippen LogP contribution in [0.25, 0.3) is 0 Å². The van der Waals surface area contributed by atoms with E-state index in [1.807, 2.05) is 0 Å². The number of carbonyl (C=O) groups excluding carboxylic acids is 1. The van der Waals surface area contributed by atoms with E-state index in [4.69, 9.17) is 0 Å². The van der Waals surface area contributed by atoms with Crippen LogP contribution >= 0.6 is 0 Å². The molecule has 0 heterocycles. The normalized spacial score (nSPS) is 22.1. The molecular weight excluding hydrogens is 326 g/mol. The molecule has 0 saturated heterocycles. The Morgan fingerprint density at radius 1 is 0.619 bits per heavy atom. The third-order valence-corrected chi connectivity index (χ3v) is 2.88. The summed E-state index contributed by atoms with van der Waals surface area (Å²) in [6, 6.07) is 0. The van der Waals surface area contributed by atoms with E-state index >= 15 is 0 Å². The second kappa shape index (κ2) is 3.89. The van der Waals surface area contributed by atoms with E-state index in [1.54, 1.807) is 0 Å². The molecule has 0 spiro atoms. The van der Waals surface area contributed by atoms with Crippen molar-refractivity contribution in [1.82, 2.24) is 0 Å². The molecule has 2 rings (SSSR count). The number of benzene rings is 1. The maximum absolute atomic E-state index is 13.3. The summed E-state index contributed by atoms with van der Waals surface area (Å²) in [5.74, 6) is -33.7. The summed E-state index contributed by atoms with van der Waals surface area (Å²) < 4.78 is 131. The van der Waals surface area contributed by atoms with Crippen LogP contribution in [0.2, 0.25) is 0 Å². The molecule has 0 aliphatic heterocycles. The summed E-state index contributed by atoms with van der Waals surface area (Å²) in [6.45, 7) is 0. The molecule has 0 N–H and O–H groups in total. The van der Waals surface area contributed by atoms with E-state index in [-0.39, 0.29) is 0 Å². The lowest BCUT2D eigenvalue weighted by atomic mass is 9.81. The van der Waals surface area contributed by atoms with E-state index in [0.29, 0.717) is 0 Å². The molecule has 0 fully saturated rings. The molecule has 21 heavy (non-hydrogen) atoms. The zero-order valence-electron chi connectivity index (χ0n) is 9.19. The van der Waals surface area contributed by atoms with Crippen LogP contribution in [-0.4, -0.2) is 17.6 Å². The largest absolute Gasteiger partial charge is 0.384 e. The van der Waals surface area contributed by atoms with E-state index in [1.165, 1.54) is 0 Å². The summed E-state index contributed by atoms with van der Waals surface area (Å²) in [4.78, 5) is 11.0. The molecule has 1 aromatic carbocycles. The van der Waals surface area contributed by atoms with E-state index in [0.717, 1.165) is 0 Å². The molecule has 116 valence electrons. The zero-order valence-corrected chi connectivity index (χ0v) is 9.19. The highest BCUT2D eigenvalue weighted by Gasteiger charge is 2.80. The Morgan fingerprint density at radius 2 is 1.05 bits per heavy atom. The minimum atomic E-state index is -6.46. The van der Waals surface area contributed by atoms with Gasteiger partial charge < -0.3 is 0 Å². The fraction of sp³-hybridized carbons (Fsp3) is 0.300. The van der Waals surface area contributed by atoms with Crippen LogP contribution in [0.15, 0.2) is 0 Å². The smallest absolute Gasteiger partial charge is 0.287 e. The third-order valence-electron chi connectivity index (χ3n) is 2.88. The first-order valence-electron chi connectivity index (χ1n) is 4.84. The second-order valence-electron chi connectivity index (χ2n) is 4.06. The number of alkyl halides is 6.